The number of hydrogen-bond acceptors (Lipinski definition) is 5. The smallest absolute Gasteiger partial charge is 0.262 e. The van der Waals surface area contributed by atoms with Crippen molar-refractivity contribution >= 4 is 27.5 Å². The lowest BCUT2D eigenvalue weighted by atomic mass is 10.2. The third kappa shape index (κ3) is 6.53. The van der Waals surface area contributed by atoms with Crippen molar-refractivity contribution < 1.29 is 27.5 Å². The molecule has 0 spiro atoms. The van der Waals surface area contributed by atoms with Crippen LogP contribution in [0.5, 0.6) is 5.75 Å². The Morgan fingerprint density at radius 2 is 1.42 bits per heavy atom. The minimum atomic E-state index is -4.10. The van der Waals surface area contributed by atoms with Crippen LogP contribution in [0.25, 0.3) is 0 Å². The van der Waals surface area contributed by atoms with Crippen LogP contribution in [-0.4, -0.2) is 38.4 Å². The number of sulfonamides is 1. The summed E-state index contributed by atoms with van der Waals surface area (Å²) in [5.41, 5.74) is 0.247. The van der Waals surface area contributed by atoms with Crippen molar-refractivity contribution in [1.82, 2.24) is 10.6 Å². The van der Waals surface area contributed by atoms with E-state index in [0.717, 1.165) is 6.07 Å². The molecule has 2 amide bonds. The lowest BCUT2D eigenvalue weighted by molar-refractivity contribution is 0.0951. The Hall–Kier alpha value is -3.92. The number of carbonyl (C=O) groups excluding carboxylic acids is 2. The quantitative estimate of drug-likeness (QED) is 0.357. The van der Waals surface area contributed by atoms with E-state index in [2.05, 4.69) is 15.4 Å². The number of amides is 2. The fourth-order valence-corrected chi connectivity index (χ4v) is 4.01. The topological polar surface area (TPSA) is 125 Å². The number of rotatable bonds is 9. The Bertz CT molecular complexity index is 1260. The van der Waals surface area contributed by atoms with Gasteiger partial charge in [0.25, 0.3) is 21.8 Å². The van der Waals surface area contributed by atoms with Gasteiger partial charge in [-0.3, -0.25) is 14.3 Å². The van der Waals surface area contributed by atoms with E-state index in [1.54, 1.807) is 12.1 Å². The van der Waals surface area contributed by atoms with E-state index < -0.39 is 21.7 Å². The van der Waals surface area contributed by atoms with Crippen LogP contribution in [-0.2, 0) is 10.0 Å². The summed E-state index contributed by atoms with van der Waals surface area (Å²) >= 11 is 0. The molecule has 0 aliphatic heterocycles. The predicted octanol–water partition coefficient (Wildman–Crippen LogP) is 2.88. The van der Waals surface area contributed by atoms with Crippen molar-refractivity contribution in [3.63, 3.8) is 0 Å². The van der Waals surface area contributed by atoms with Gasteiger partial charge in [-0.2, -0.15) is 0 Å². The number of halogens is 1. The lowest BCUT2D eigenvalue weighted by Gasteiger charge is -2.10. The molecule has 0 unspecified atom stereocenters. The molecule has 8 nitrogen and oxygen atoms in total. The molecule has 0 saturated carbocycles. The van der Waals surface area contributed by atoms with Gasteiger partial charge in [-0.25, -0.2) is 12.8 Å². The molecule has 0 fully saturated rings. The first kappa shape index (κ1) is 23.7. The lowest BCUT2D eigenvalue weighted by Crippen LogP contribution is -2.30. The van der Waals surface area contributed by atoms with E-state index in [9.17, 15) is 27.5 Å². The number of nitrogens with one attached hydrogen (secondary N) is 3. The van der Waals surface area contributed by atoms with Crippen LogP contribution in [0.3, 0.4) is 0 Å². The number of benzene rings is 3. The summed E-state index contributed by atoms with van der Waals surface area (Å²) in [5.74, 6) is -1.57. The van der Waals surface area contributed by atoms with Gasteiger partial charge in [-0.05, 0) is 55.0 Å². The van der Waals surface area contributed by atoms with E-state index in [0.29, 0.717) is 12.0 Å². The Labute approximate surface area is 190 Å². The number of para-hydroxylation sites is 1. The SMILES string of the molecule is O=C(NCCCNC(=O)c1cccc(S(=O)(=O)Nc2ccccc2F)c1)c1cccc(O)c1. The second-order valence-electron chi connectivity index (χ2n) is 7.03. The van der Waals surface area contributed by atoms with Gasteiger partial charge in [0.1, 0.15) is 11.6 Å². The van der Waals surface area contributed by atoms with Gasteiger partial charge in [0, 0.05) is 24.2 Å². The zero-order chi connectivity index (χ0) is 23.8. The van der Waals surface area contributed by atoms with Gasteiger partial charge in [-0.15, -0.1) is 0 Å². The summed E-state index contributed by atoms with van der Waals surface area (Å²) in [6.07, 6.45) is 0.434. The molecule has 3 rings (SSSR count). The van der Waals surface area contributed by atoms with Crippen molar-refractivity contribution in [2.45, 2.75) is 11.3 Å². The van der Waals surface area contributed by atoms with Gasteiger partial charge in [0.05, 0.1) is 10.6 Å². The summed E-state index contributed by atoms with van der Waals surface area (Å²) < 4.78 is 41.1. The molecule has 3 aromatic carbocycles. The van der Waals surface area contributed by atoms with Gasteiger partial charge in [0.15, 0.2) is 0 Å². The molecule has 0 aromatic heterocycles. The molecule has 0 bridgehead atoms. The first-order valence-electron chi connectivity index (χ1n) is 9.99. The Kier molecular flexibility index (Phi) is 7.62. The number of phenolic OH excluding ortho intramolecular Hbond substituents is 1. The van der Waals surface area contributed by atoms with E-state index in [1.165, 1.54) is 54.6 Å². The van der Waals surface area contributed by atoms with E-state index in [4.69, 9.17) is 0 Å². The average Bonchev–Trinajstić information content (AvgIpc) is 2.80. The highest BCUT2D eigenvalue weighted by molar-refractivity contribution is 7.92. The van der Waals surface area contributed by atoms with Crippen LogP contribution < -0.4 is 15.4 Å². The number of anilines is 1. The molecule has 0 aliphatic carbocycles. The summed E-state index contributed by atoms with van der Waals surface area (Å²) in [6, 6.07) is 16.7. The molecular weight excluding hydrogens is 449 g/mol. The standard InChI is InChI=1S/C23H22FN3O5S/c24-20-10-1-2-11-21(20)27-33(31,32)19-9-4-7-17(15-19)23(30)26-13-5-12-25-22(29)16-6-3-8-18(28)14-16/h1-4,6-11,14-15,27-28H,5,12-13H2,(H,25,29)(H,26,30). The number of aromatic hydroxyl groups is 1. The van der Waals surface area contributed by atoms with Crippen molar-refractivity contribution in [2.75, 3.05) is 17.8 Å². The second kappa shape index (κ2) is 10.6. The molecule has 0 aliphatic rings. The van der Waals surface area contributed by atoms with Gasteiger partial charge in [-0.1, -0.05) is 24.3 Å². The Morgan fingerprint density at radius 3 is 2.06 bits per heavy atom. The van der Waals surface area contributed by atoms with E-state index >= 15 is 0 Å². The minimum absolute atomic E-state index is 0.0109. The third-order valence-corrected chi connectivity index (χ3v) is 5.92. The first-order valence-corrected chi connectivity index (χ1v) is 11.5. The summed E-state index contributed by atoms with van der Waals surface area (Å²) in [6.45, 7) is 0.527. The zero-order valence-electron chi connectivity index (χ0n) is 17.4. The number of phenols is 1. The van der Waals surface area contributed by atoms with Crippen LogP contribution in [0.15, 0.2) is 77.7 Å². The minimum Gasteiger partial charge on any atom is -0.508 e. The van der Waals surface area contributed by atoms with Crippen molar-refractivity contribution in [3.8, 4) is 5.75 Å². The maximum absolute atomic E-state index is 13.8. The van der Waals surface area contributed by atoms with Crippen molar-refractivity contribution in [3.05, 3.63) is 89.7 Å². The van der Waals surface area contributed by atoms with E-state index in [-0.39, 0.29) is 40.9 Å². The number of hydrogen-bond donors (Lipinski definition) is 4. The molecule has 33 heavy (non-hydrogen) atoms. The molecule has 172 valence electrons. The van der Waals surface area contributed by atoms with Crippen LogP contribution >= 0.6 is 0 Å². The third-order valence-electron chi connectivity index (χ3n) is 4.56. The van der Waals surface area contributed by atoms with Gasteiger partial charge in [0.2, 0.25) is 0 Å². The van der Waals surface area contributed by atoms with Crippen molar-refractivity contribution in [2.24, 2.45) is 0 Å². The van der Waals surface area contributed by atoms with Crippen LogP contribution in [0.4, 0.5) is 10.1 Å². The summed E-state index contributed by atoms with van der Waals surface area (Å²) in [5, 5.41) is 14.7. The maximum Gasteiger partial charge on any atom is 0.262 e. The van der Waals surface area contributed by atoms with Crippen LogP contribution in [0, 0.1) is 5.82 Å². The first-order chi connectivity index (χ1) is 15.8. The molecule has 10 heteroatoms. The largest absolute Gasteiger partial charge is 0.508 e. The Balaban J connectivity index is 1.52. The van der Waals surface area contributed by atoms with E-state index in [1.807, 2.05) is 0 Å². The van der Waals surface area contributed by atoms with Gasteiger partial charge >= 0.3 is 0 Å². The Morgan fingerprint density at radius 1 is 0.818 bits per heavy atom. The zero-order valence-corrected chi connectivity index (χ0v) is 18.2. The highest BCUT2D eigenvalue weighted by Gasteiger charge is 2.18. The molecule has 0 radical (unpaired) electrons. The summed E-state index contributed by atoms with van der Waals surface area (Å²) in [4.78, 5) is 24.2. The fourth-order valence-electron chi connectivity index (χ4n) is 2.90. The average molecular weight is 472 g/mol. The highest BCUT2D eigenvalue weighted by Crippen LogP contribution is 2.19. The second-order valence-corrected chi connectivity index (χ2v) is 8.71. The van der Waals surface area contributed by atoms with Crippen molar-refractivity contribution in [1.29, 1.82) is 0 Å². The molecule has 0 saturated heterocycles. The molecular formula is C23H22FN3O5S. The van der Waals surface area contributed by atoms with Gasteiger partial charge < -0.3 is 15.7 Å². The molecule has 3 aromatic rings. The molecule has 0 heterocycles. The normalized spacial score (nSPS) is 10.9. The summed E-state index contributed by atoms with van der Waals surface area (Å²) in [7, 11) is -4.10. The molecule has 4 N–H and O–H groups in total. The fraction of sp³-hybridized carbons (Fsp3) is 0.130. The monoisotopic (exact) mass is 471 g/mol. The maximum atomic E-state index is 13.8. The number of carbonyl (C=O) groups is 2. The molecule has 0 atom stereocenters. The van der Waals surface area contributed by atoms with Crippen LogP contribution in [0.2, 0.25) is 0 Å². The predicted molar refractivity (Wildman–Crippen MR) is 121 cm³/mol. The van der Waals surface area contributed by atoms with Crippen LogP contribution in [0.1, 0.15) is 27.1 Å². The highest BCUT2D eigenvalue weighted by atomic mass is 32.2.